The molecule has 158 valence electrons. The third kappa shape index (κ3) is 5.13. The first-order chi connectivity index (χ1) is 14.7. The highest BCUT2D eigenvalue weighted by Crippen LogP contribution is 2.26. The zero-order valence-corrected chi connectivity index (χ0v) is 18.7. The number of aliphatic hydroxyl groups excluding tert-OH is 1. The Bertz CT molecular complexity index is 1200. The lowest BCUT2D eigenvalue weighted by molar-refractivity contribution is -0.576. The number of thiocarbonyl (C=S) groups is 1. The lowest BCUT2D eigenvalue weighted by atomic mass is 10.1. The predicted molar refractivity (Wildman–Crippen MR) is 127 cm³/mol. The highest BCUT2D eigenvalue weighted by molar-refractivity contribution is 7.81. The van der Waals surface area contributed by atoms with Crippen molar-refractivity contribution in [1.29, 1.82) is 0 Å². The molecule has 0 amide bonds. The fraction of sp³-hybridized carbons (Fsp3) is 0.167. The molecule has 31 heavy (non-hydrogen) atoms. The number of anilines is 1. The van der Waals surface area contributed by atoms with Gasteiger partial charge in [0.25, 0.3) is 11.4 Å². The second-order valence-corrected chi connectivity index (χ2v) is 7.98. The Morgan fingerprint density at radius 3 is 2.32 bits per heavy atom. The molecule has 2 N–H and O–H groups in total. The van der Waals surface area contributed by atoms with Crippen molar-refractivity contribution < 1.29 is 14.6 Å². The minimum absolute atomic E-state index is 0.0640. The quantitative estimate of drug-likeness (QED) is 0.140. The summed E-state index contributed by atoms with van der Waals surface area (Å²) in [4.78, 5) is 11.2. The maximum atomic E-state index is 11.4. The Morgan fingerprint density at radius 2 is 1.71 bits per heavy atom. The molecule has 0 aliphatic rings. The highest BCUT2D eigenvalue weighted by atomic mass is 32.1. The van der Waals surface area contributed by atoms with E-state index in [1.807, 2.05) is 51.2 Å². The Morgan fingerprint density at radius 1 is 1.03 bits per heavy atom. The smallest absolute Gasteiger partial charge is 0.288 e. The number of nitro benzene ring substituents is 1. The van der Waals surface area contributed by atoms with Crippen LogP contribution in [0.5, 0.6) is 0 Å². The number of nitro groups is 1. The summed E-state index contributed by atoms with van der Waals surface area (Å²) in [6.07, 6.45) is 3.61. The van der Waals surface area contributed by atoms with Crippen LogP contribution in [0.1, 0.15) is 27.8 Å². The number of hydrogen-bond acceptors (Lipinski definition) is 4. The lowest BCUT2D eigenvalue weighted by Crippen LogP contribution is -2.38. The molecule has 1 aromatic heterocycles. The first-order valence-corrected chi connectivity index (χ1v) is 10.1. The molecule has 0 bridgehead atoms. The molecule has 0 aliphatic carbocycles. The minimum Gasteiger partial charge on any atom is -0.502 e. The normalized spacial score (nSPS) is 11.6. The number of benzene rings is 2. The molecule has 7 heteroatoms. The van der Waals surface area contributed by atoms with Gasteiger partial charge >= 0.3 is 0 Å². The number of rotatable bonds is 5. The van der Waals surface area contributed by atoms with Gasteiger partial charge in [-0.3, -0.25) is 10.1 Å². The third-order valence-corrected chi connectivity index (χ3v) is 5.10. The van der Waals surface area contributed by atoms with E-state index in [1.54, 1.807) is 29.8 Å². The molecule has 0 atom stereocenters. The molecule has 0 saturated heterocycles. The van der Waals surface area contributed by atoms with Crippen molar-refractivity contribution in [3.05, 3.63) is 98.9 Å². The fourth-order valence-corrected chi connectivity index (χ4v) is 3.73. The fourth-order valence-electron chi connectivity index (χ4n) is 3.41. The number of nitrogens with one attached hydrogen (secondary N) is 1. The summed E-state index contributed by atoms with van der Waals surface area (Å²) in [5, 5.41) is 25.8. The van der Waals surface area contributed by atoms with Crippen molar-refractivity contribution >= 4 is 40.0 Å². The summed E-state index contributed by atoms with van der Waals surface area (Å²) in [5.74, 6) is -0.152. The van der Waals surface area contributed by atoms with Crippen LogP contribution in [-0.4, -0.2) is 15.0 Å². The molecular weight excluding hydrogens is 410 g/mol. The SMILES string of the molecule is Cc1cc(C)cc(NC(=S)/C(=C(\O)c2ccc(C)c([N+](=O)[O-])c2)[n+]2cccc(C)c2)c1. The summed E-state index contributed by atoms with van der Waals surface area (Å²) in [7, 11) is 0. The lowest BCUT2D eigenvalue weighted by Gasteiger charge is -2.12. The van der Waals surface area contributed by atoms with E-state index in [-0.39, 0.29) is 11.4 Å². The molecule has 0 unspecified atom stereocenters. The van der Waals surface area contributed by atoms with Gasteiger partial charge in [-0.15, -0.1) is 0 Å². The first-order valence-electron chi connectivity index (χ1n) is 9.72. The van der Waals surface area contributed by atoms with Crippen molar-refractivity contribution in [3.63, 3.8) is 0 Å². The van der Waals surface area contributed by atoms with E-state index in [2.05, 4.69) is 11.4 Å². The molecule has 2 aromatic carbocycles. The average Bonchev–Trinajstić information content (AvgIpc) is 2.67. The van der Waals surface area contributed by atoms with Gasteiger partial charge in [0, 0.05) is 34.5 Å². The van der Waals surface area contributed by atoms with Crippen LogP contribution in [0, 0.1) is 37.8 Å². The molecular formula is C24H24N3O3S+. The van der Waals surface area contributed by atoms with Gasteiger partial charge in [0.2, 0.25) is 0 Å². The van der Waals surface area contributed by atoms with Crippen LogP contribution in [0.3, 0.4) is 0 Å². The van der Waals surface area contributed by atoms with Crippen LogP contribution in [0.4, 0.5) is 11.4 Å². The maximum Gasteiger partial charge on any atom is 0.288 e. The topological polar surface area (TPSA) is 79.3 Å². The van der Waals surface area contributed by atoms with Gasteiger partial charge in [0.1, 0.15) is 0 Å². The molecule has 3 rings (SSSR count). The third-order valence-electron chi connectivity index (χ3n) is 4.80. The molecule has 0 fully saturated rings. The van der Waals surface area contributed by atoms with Crippen LogP contribution in [0.25, 0.3) is 11.5 Å². The Balaban J connectivity index is 2.15. The summed E-state index contributed by atoms with van der Waals surface area (Å²) >= 11 is 5.67. The van der Waals surface area contributed by atoms with Gasteiger partial charge in [-0.05, 0) is 57.0 Å². The minimum atomic E-state index is -0.461. The largest absolute Gasteiger partial charge is 0.502 e. The van der Waals surface area contributed by atoms with E-state index < -0.39 is 4.92 Å². The van der Waals surface area contributed by atoms with Crippen LogP contribution in [-0.2, 0) is 0 Å². The van der Waals surface area contributed by atoms with Crippen molar-refractivity contribution in [2.24, 2.45) is 0 Å². The number of aryl methyl sites for hydroxylation is 4. The van der Waals surface area contributed by atoms with E-state index >= 15 is 0 Å². The van der Waals surface area contributed by atoms with Crippen LogP contribution < -0.4 is 9.88 Å². The van der Waals surface area contributed by atoms with E-state index in [1.165, 1.54) is 6.07 Å². The van der Waals surface area contributed by atoms with Crippen LogP contribution in [0.15, 0.2) is 60.9 Å². The monoisotopic (exact) mass is 434 g/mol. The Hall–Kier alpha value is -3.58. The predicted octanol–water partition coefficient (Wildman–Crippen LogP) is 5.44. The Kier molecular flexibility index (Phi) is 6.46. The van der Waals surface area contributed by atoms with Gasteiger partial charge in [-0.2, -0.15) is 4.57 Å². The molecule has 3 aromatic rings. The molecule has 0 saturated carbocycles. The second-order valence-electron chi connectivity index (χ2n) is 7.57. The highest BCUT2D eigenvalue weighted by Gasteiger charge is 2.25. The van der Waals surface area contributed by atoms with Gasteiger partial charge < -0.3 is 10.4 Å². The van der Waals surface area contributed by atoms with E-state index in [9.17, 15) is 15.2 Å². The molecule has 6 nitrogen and oxygen atoms in total. The van der Waals surface area contributed by atoms with Gasteiger partial charge in [-0.25, -0.2) is 0 Å². The zero-order valence-electron chi connectivity index (χ0n) is 17.8. The Labute approximate surface area is 186 Å². The summed E-state index contributed by atoms with van der Waals surface area (Å²) in [6.45, 7) is 7.58. The van der Waals surface area contributed by atoms with Gasteiger partial charge in [0.15, 0.2) is 23.1 Å². The van der Waals surface area contributed by atoms with Crippen molar-refractivity contribution in [2.75, 3.05) is 5.32 Å². The van der Waals surface area contributed by atoms with E-state index in [0.717, 1.165) is 22.4 Å². The standard InChI is InChI=1S/C24H23N3O3S/c1-15-6-5-9-26(14-15)22(24(31)25-20-11-16(2)10-17(3)12-20)23(28)19-8-7-18(4)21(13-19)27(29)30/h5-14H,1-4H3,(H-,25,28,31)/p+1. The van der Waals surface area contributed by atoms with Gasteiger partial charge in [0.05, 0.1) is 4.92 Å². The molecule has 0 aliphatic heterocycles. The van der Waals surface area contributed by atoms with E-state index in [4.69, 9.17) is 12.2 Å². The zero-order chi connectivity index (χ0) is 22.7. The van der Waals surface area contributed by atoms with Crippen molar-refractivity contribution in [2.45, 2.75) is 27.7 Å². The first kappa shape index (κ1) is 22.1. The van der Waals surface area contributed by atoms with E-state index in [0.29, 0.717) is 21.8 Å². The summed E-state index contributed by atoms with van der Waals surface area (Å²) in [6, 6.07) is 14.4. The molecule has 0 spiro atoms. The van der Waals surface area contributed by atoms with Crippen molar-refractivity contribution in [1.82, 2.24) is 0 Å². The summed E-state index contributed by atoms with van der Waals surface area (Å²) < 4.78 is 1.72. The maximum absolute atomic E-state index is 11.4. The number of hydrogen-bond donors (Lipinski definition) is 2. The number of pyridine rings is 1. The van der Waals surface area contributed by atoms with Crippen LogP contribution >= 0.6 is 12.2 Å². The molecule has 0 radical (unpaired) electrons. The number of aliphatic hydroxyl groups is 1. The average molecular weight is 435 g/mol. The van der Waals surface area contributed by atoms with Crippen LogP contribution in [0.2, 0.25) is 0 Å². The summed E-state index contributed by atoms with van der Waals surface area (Å²) in [5.41, 5.74) is 5.03. The van der Waals surface area contributed by atoms with Crippen molar-refractivity contribution in [3.8, 4) is 0 Å². The second kappa shape index (κ2) is 9.06. The number of nitrogens with zero attached hydrogens (tertiary/aromatic N) is 2. The molecule has 1 heterocycles. The van der Waals surface area contributed by atoms with Gasteiger partial charge in [-0.1, -0.05) is 30.4 Å². The number of aromatic nitrogens is 1.